The quantitative estimate of drug-likeness (QED) is 0.530. The van der Waals surface area contributed by atoms with Crippen LogP contribution in [-0.2, 0) is 17.8 Å². The van der Waals surface area contributed by atoms with Crippen molar-refractivity contribution in [1.82, 2.24) is 19.7 Å². The van der Waals surface area contributed by atoms with Crippen molar-refractivity contribution in [1.29, 1.82) is 0 Å². The van der Waals surface area contributed by atoms with E-state index in [1.165, 1.54) is 22.9 Å². The second kappa shape index (κ2) is 10.7. The lowest BCUT2D eigenvalue weighted by molar-refractivity contribution is -0.192. The summed E-state index contributed by atoms with van der Waals surface area (Å²) in [6.45, 7) is 1.96. The van der Waals surface area contributed by atoms with Gasteiger partial charge in [0.05, 0.1) is 12.2 Å². The molecule has 3 aromatic rings. The lowest BCUT2D eigenvalue weighted by Crippen LogP contribution is -2.31. The zero-order chi connectivity index (χ0) is 23.1. The Morgan fingerprint density at radius 2 is 1.78 bits per heavy atom. The van der Waals surface area contributed by atoms with Gasteiger partial charge in [-0.2, -0.15) is 18.3 Å². The van der Waals surface area contributed by atoms with Crippen LogP contribution < -0.4 is 0 Å². The first kappa shape index (κ1) is 23.9. The fourth-order valence-corrected chi connectivity index (χ4v) is 4.04. The van der Waals surface area contributed by atoms with Crippen LogP contribution in [0.25, 0.3) is 5.69 Å². The van der Waals surface area contributed by atoms with Gasteiger partial charge < -0.3 is 5.11 Å². The number of hydrogen-bond acceptors (Lipinski definition) is 4. The normalized spacial score (nSPS) is 16.4. The van der Waals surface area contributed by atoms with Gasteiger partial charge in [-0.3, -0.25) is 4.90 Å². The van der Waals surface area contributed by atoms with Crippen LogP contribution in [-0.4, -0.2) is 49.5 Å². The first-order chi connectivity index (χ1) is 15.3. The van der Waals surface area contributed by atoms with Crippen molar-refractivity contribution in [2.75, 3.05) is 6.54 Å². The van der Waals surface area contributed by atoms with Crippen LogP contribution in [0.15, 0.2) is 65.4 Å². The molecule has 0 bridgehead atoms. The first-order valence-electron chi connectivity index (χ1n) is 9.97. The number of alkyl halides is 3. The summed E-state index contributed by atoms with van der Waals surface area (Å²) < 4.78 is 34.9. The predicted molar refractivity (Wildman–Crippen MR) is 116 cm³/mol. The molecule has 1 N–H and O–H groups in total. The minimum atomic E-state index is -5.08. The van der Waals surface area contributed by atoms with E-state index in [2.05, 4.69) is 67.3 Å². The van der Waals surface area contributed by atoms with Crippen molar-refractivity contribution in [3.8, 4) is 5.69 Å². The Labute approximate surface area is 191 Å². The molecule has 4 rings (SSSR count). The van der Waals surface area contributed by atoms with Crippen molar-refractivity contribution < 1.29 is 23.1 Å². The molecule has 10 heteroatoms. The van der Waals surface area contributed by atoms with E-state index in [0.29, 0.717) is 6.04 Å². The molecule has 2 heterocycles. The first-order valence-corrected chi connectivity index (χ1v) is 10.8. The Morgan fingerprint density at radius 3 is 2.44 bits per heavy atom. The van der Waals surface area contributed by atoms with Gasteiger partial charge in [-0.1, -0.05) is 52.3 Å². The van der Waals surface area contributed by atoms with Crippen LogP contribution in [0, 0.1) is 0 Å². The van der Waals surface area contributed by atoms with Gasteiger partial charge >= 0.3 is 12.1 Å². The molecular weight excluding hydrogens is 489 g/mol. The molecule has 1 aromatic heterocycles. The van der Waals surface area contributed by atoms with Crippen molar-refractivity contribution >= 4 is 21.9 Å². The van der Waals surface area contributed by atoms with Crippen molar-refractivity contribution in [2.24, 2.45) is 0 Å². The molecule has 0 amide bonds. The Kier molecular flexibility index (Phi) is 8.03. The minimum Gasteiger partial charge on any atom is -0.475 e. The molecule has 1 atom stereocenters. The Hall–Kier alpha value is -2.72. The van der Waals surface area contributed by atoms with E-state index in [4.69, 9.17) is 9.90 Å². The summed E-state index contributed by atoms with van der Waals surface area (Å²) in [5.41, 5.74) is 2.44. The fraction of sp³-hybridized carbons (Fsp3) is 0.318. The average Bonchev–Trinajstić information content (AvgIpc) is 3.40. The number of carboxylic acid groups (broad SMARTS) is 1. The molecule has 170 valence electrons. The highest BCUT2D eigenvalue weighted by atomic mass is 79.9. The third kappa shape index (κ3) is 6.39. The maximum Gasteiger partial charge on any atom is 0.490 e. The van der Waals surface area contributed by atoms with E-state index in [1.807, 2.05) is 22.9 Å². The summed E-state index contributed by atoms with van der Waals surface area (Å²) in [6, 6.07) is 19.3. The largest absolute Gasteiger partial charge is 0.490 e. The van der Waals surface area contributed by atoms with Crippen molar-refractivity contribution in [2.45, 2.75) is 38.0 Å². The minimum absolute atomic E-state index is 0.555. The highest BCUT2D eigenvalue weighted by molar-refractivity contribution is 9.10. The Morgan fingerprint density at radius 1 is 1.12 bits per heavy atom. The molecule has 32 heavy (non-hydrogen) atoms. The number of aromatic nitrogens is 3. The van der Waals surface area contributed by atoms with Crippen LogP contribution in [0.4, 0.5) is 13.2 Å². The van der Waals surface area contributed by atoms with Crippen LogP contribution in [0.3, 0.4) is 0 Å². The van der Waals surface area contributed by atoms with Crippen molar-refractivity contribution in [3.05, 3.63) is 76.8 Å². The standard InChI is InChI=1S/C20H21BrN4.C2HF3O2/c21-19-11-5-4-7-16(19)13-18-10-6-12-24(18)14-20-22-15-23-25(20)17-8-2-1-3-9-17;3-2(4,5)1(6)7/h1-5,7-9,11,15,18H,6,10,12-14H2;(H,6,7). The number of rotatable bonds is 5. The molecule has 1 fully saturated rings. The molecule has 1 unspecified atom stereocenters. The van der Waals surface area contributed by atoms with Gasteiger partial charge in [0.2, 0.25) is 0 Å². The smallest absolute Gasteiger partial charge is 0.475 e. The topological polar surface area (TPSA) is 71.2 Å². The van der Waals surface area contributed by atoms with Gasteiger partial charge in [0.1, 0.15) is 12.2 Å². The number of carbonyl (C=O) groups is 1. The summed E-state index contributed by atoms with van der Waals surface area (Å²) in [5.74, 6) is -1.75. The van der Waals surface area contributed by atoms with Crippen LogP contribution >= 0.6 is 15.9 Å². The maximum atomic E-state index is 10.6. The number of halogens is 4. The number of likely N-dealkylation sites (tertiary alicyclic amines) is 1. The van der Waals surface area contributed by atoms with Crippen LogP contribution in [0.1, 0.15) is 24.2 Å². The van der Waals surface area contributed by atoms with Crippen LogP contribution in [0.5, 0.6) is 0 Å². The lowest BCUT2D eigenvalue weighted by atomic mass is 10.0. The zero-order valence-corrected chi connectivity index (χ0v) is 18.6. The van der Waals surface area contributed by atoms with Crippen LogP contribution in [0.2, 0.25) is 0 Å². The zero-order valence-electron chi connectivity index (χ0n) is 17.0. The molecule has 0 aliphatic carbocycles. The molecule has 0 saturated carbocycles. The number of hydrogen-bond donors (Lipinski definition) is 1. The highest BCUT2D eigenvalue weighted by Gasteiger charge is 2.38. The molecule has 6 nitrogen and oxygen atoms in total. The SMILES string of the molecule is Brc1ccccc1CC1CCCN1Cc1ncnn1-c1ccccc1.O=C(O)C(F)(F)F. The number of carboxylic acids is 1. The Balaban J connectivity index is 0.000000360. The summed E-state index contributed by atoms with van der Waals surface area (Å²) in [4.78, 5) is 16.0. The van der Waals surface area contributed by atoms with Gasteiger partial charge in [0.25, 0.3) is 0 Å². The average molecular weight is 511 g/mol. The fourth-order valence-electron chi connectivity index (χ4n) is 3.59. The Bertz CT molecular complexity index is 1030. The highest BCUT2D eigenvalue weighted by Crippen LogP contribution is 2.26. The van der Waals surface area contributed by atoms with E-state index in [-0.39, 0.29) is 0 Å². The molecule has 1 aliphatic heterocycles. The second-order valence-corrected chi connectivity index (χ2v) is 8.14. The summed E-state index contributed by atoms with van der Waals surface area (Å²) in [5, 5.41) is 11.5. The maximum absolute atomic E-state index is 10.6. The molecule has 1 aliphatic rings. The van der Waals surface area contributed by atoms with Gasteiger partial charge in [0.15, 0.2) is 0 Å². The van der Waals surface area contributed by atoms with Gasteiger partial charge in [0, 0.05) is 10.5 Å². The molecular formula is C22H22BrF3N4O2. The number of aliphatic carboxylic acids is 1. The third-order valence-corrected chi connectivity index (χ3v) is 5.89. The summed E-state index contributed by atoms with van der Waals surface area (Å²) in [6.07, 6.45) is 0.123. The van der Waals surface area contributed by atoms with E-state index in [0.717, 1.165) is 31.0 Å². The summed E-state index contributed by atoms with van der Waals surface area (Å²) in [7, 11) is 0. The molecule has 2 aromatic carbocycles. The summed E-state index contributed by atoms with van der Waals surface area (Å²) >= 11 is 3.68. The molecule has 0 radical (unpaired) electrons. The predicted octanol–water partition coefficient (Wildman–Crippen LogP) is 4.87. The van der Waals surface area contributed by atoms with Gasteiger partial charge in [-0.15, -0.1) is 0 Å². The van der Waals surface area contributed by atoms with Crippen molar-refractivity contribution in [3.63, 3.8) is 0 Å². The number of para-hydroxylation sites is 1. The second-order valence-electron chi connectivity index (χ2n) is 7.29. The third-order valence-electron chi connectivity index (χ3n) is 5.12. The van der Waals surface area contributed by atoms with E-state index >= 15 is 0 Å². The van der Waals surface area contributed by atoms with E-state index in [9.17, 15) is 13.2 Å². The van der Waals surface area contributed by atoms with E-state index < -0.39 is 12.1 Å². The molecule has 0 spiro atoms. The number of nitrogens with zero attached hydrogens (tertiary/aromatic N) is 4. The van der Waals surface area contributed by atoms with E-state index in [1.54, 1.807) is 6.33 Å². The number of benzene rings is 2. The molecule has 1 saturated heterocycles. The van der Waals surface area contributed by atoms with Gasteiger partial charge in [-0.25, -0.2) is 14.5 Å². The lowest BCUT2D eigenvalue weighted by Gasteiger charge is -2.24. The van der Waals surface area contributed by atoms with Gasteiger partial charge in [-0.05, 0) is 49.6 Å². The monoisotopic (exact) mass is 510 g/mol.